The van der Waals surface area contributed by atoms with Crippen LogP contribution in [-0.2, 0) is 30.0 Å². The molecule has 0 saturated heterocycles. The van der Waals surface area contributed by atoms with Gasteiger partial charge < -0.3 is 0 Å². The van der Waals surface area contributed by atoms with E-state index in [1.807, 2.05) is 0 Å². The second kappa shape index (κ2) is 5.53. The third-order valence-electron chi connectivity index (χ3n) is 0.513. The van der Waals surface area contributed by atoms with E-state index in [-0.39, 0.29) is 6.61 Å². The Morgan fingerprint density at radius 3 is 2.62 bits per heavy atom. The summed E-state index contributed by atoms with van der Waals surface area (Å²) in [5.74, 6) is 0. The molecule has 48 valence electrons. The fourth-order valence-electron chi connectivity index (χ4n) is 0.212. The molecule has 0 heterocycles. The van der Waals surface area contributed by atoms with Crippen molar-refractivity contribution in [3.63, 3.8) is 0 Å². The monoisotopic (exact) mass is 156 g/mol. The van der Waals surface area contributed by atoms with Gasteiger partial charge in [-0.3, -0.25) is 0 Å². The molecule has 0 aliphatic carbocycles. The van der Waals surface area contributed by atoms with Gasteiger partial charge in [0.15, 0.2) is 0 Å². The van der Waals surface area contributed by atoms with Crippen LogP contribution in [0.1, 0.15) is 0 Å². The maximum absolute atomic E-state index is 9.85. The Balaban J connectivity index is 2.82. The van der Waals surface area contributed by atoms with Crippen molar-refractivity contribution in [3.05, 3.63) is 0 Å². The Morgan fingerprint density at radius 2 is 2.25 bits per heavy atom. The van der Waals surface area contributed by atoms with Crippen molar-refractivity contribution in [2.24, 2.45) is 0 Å². The normalized spacial score (nSPS) is 9.25. The van der Waals surface area contributed by atoms with Crippen LogP contribution in [-0.4, -0.2) is 24.0 Å². The summed E-state index contributed by atoms with van der Waals surface area (Å²) in [7, 11) is 1.51. The molecular weight excluding hydrogens is 148 g/mol. The van der Waals surface area contributed by atoms with Crippen LogP contribution in [0.4, 0.5) is 0 Å². The van der Waals surface area contributed by atoms with Gasteiger partial charge in [-0.1, -0.05) is 0 Å². The predicted molar refractivity (Wildman–Crippen MR) is 20.7 cm³/mol. The van der Waals surface area contributed by atoms with Gasteiger partial charge in [0.1, 0.15) is 0 Å². The molecular formula is C3H8O4Ti. The fraction of sp³-hybridized carbons (Fsp3) is 1.00. The van der Waals surface area contributed by atoms with Crippen molar-refractivity contribution < 1.29 is 33.7 Å². The molecule has 0 unspecified atom stereocenters. The minimum absolute atomic E-state index is 0.214. The molecule has 0 atom stereocenters. The molecule has 0 spiro atoms. The van der Waals surface area contributed by atoms with Crippen LogP contribution in [0, 0.1) is 0 Å². The quantitative estimate of drug-likeness (QED) is 0.437. The Hall–Kier alpha value is 0.394. The first-order chi connectivity index (χ1) is 3.77. The van der Waals surface area contributed by atoms with Crippen LogP contribution >= 0.6 is 0 Å². The van der Waals surface area contributed by atoms with E-state index in [0.29, 0.717) is 6.61 Å². The van der Waals surface area contributed by atoms with Crippen molar-refractivity contribution in [1.29, 1.82) is 0 Å². The van der Waals surface area contributed by atoms with Crippen LogP contribution in [0.15, 0.2) is 0 Å². The average Bonchev–Trinajstić information content (AvgIpc) is 1.66. The number of ether oxygens (including phenoxy) is 1. The predicted octanol–water partition coefficient (Wildman–Crippen LogP) is -0.565. The molecule has 0 aliphatic heterocycles. The van der Waals surface area contributed by atoms with Crippen LogP contribution < -0.4 is 0 Å². The Bertz CT molecular complexity index is 73.7. The molecule has 4 nitrogen and oxygen atoms in total. The van der Waals surface area contributed by atoms with E-state index < -0.39 is 18.6 Å². The van der Waals surface area contributed by atoms with Gasteiger partial charge in [-0.15, -0.1) is 0 Å². The summed E-state index contributed by atoms with van der Waals surface area (Å²) in [6.07, 6.45) is 0. The van der Waals surface area contributed by atoms with Gasteiger partial charge in [-0.25, -0.2) is 0 Å². The molecule has 8 heavy (non-hydrogen) atoms. The van der Waals surface area contributed by atoms with Crippen LogP contribution in [0.5, 0.6) is 0 Å². The third-order valence-corrected chi connectivity index (χ3v) is 1.22. The van der Waals surface area contributed by atoms with Crippen molar-refractivity contribution in [2.75, 3.05) is 20.3 Å². The molecule has 1 N–H and O–H groups in total. The van der Waals surface area contributed by atoms with E-state index in [0.717, 1.165) is 0 Å². The van der Waals surface area contributed by atoms with Gasteiger partial charge in [0, 0.05) is 0 Å². The standard InChI is InChI=1S/C3H7O2.H2O.O.Ti/c1-5-3-2-4;;;/h2-3H2,1H3;1H2;;/q-1;;;+2/p-1. The topological polar surface area (TPSA) is 55.8 Å². The zero-order valence-electron chi connectivity index (χ0n) is 4.59. The molecule has 0 radical (unpaired) electrons. The summed E-state index contributed by atoms with van der Waals surface area (Å²) < 4.78 is 26.8. The van der Waals surface area contributed by atoms with Crippen LogP contribution in [0.25, 0.3) is 0 Å². The van der Waals surface area contributed by atoms with E-state index in [1.54, 1.807) is 0 Å². The first-order valence-electron chi connectivity index (χ1n) is 2.12. The van der Waals surface area contributed by atoms with Crippen LogP contribution in [0.2, 0.25) is 0 Å². The van der Waals surface area contributed by atoms with E-state index in [2.05, 4.69) is 8.06 Å². The number of rotatable bonds is 4. The van der Waals surface area contributed by atoms with Crippen molar-refractivity contribution in [1.82, 2.24) is 0 Å². The summed E-state index contributed by atoms with van der Waals surface area (Å²) in [5.41, 5.74) is 0. The van der Waals surface area contributed by atoms with Gasteiger partial charge >= 0.3 is 54.0 Å². The molecule has 0 saturated carbocycles. The van der Waals surface area contributed by atoms with E-state index in [4.69, 9.17) is 3.69 Å². The van der Waals surface area contributed by atoms with Gasteiger partial charge in [-0.05, 0) is 0 Å². The van der Waals surface area contributed by atoms with Gasteiger partial charge in [0.25, 0.3) is 0 Å². The Kier molecular flexibility index (Phi) is 5.80. The second-order valence-electron chi connectivity index (χ2n) is 1.11. The van der Waals surface area contributed by atoms with Gasteiger partial charge in [0.2, 0.25) is 0 Å². The summed E-state index contributed by atoms with van der Waals surface area (Å²) >= 11 is -3.25. The van der Waals surface area contributed by atoms with E-state index in [9.17, 15) is 3.32 Å². The molecule has 0 bridgehead atoms. The van der Waals surface area contributed by atoms with E-state index >= 15 is 0 Å². The molecule has 0 aromatic rings. The average molecular weight is 156 g/mol. The second-order valence-corrected chi connectivity index (χ2v) is 2.39. The van der Waals surface area contributed by atoms with Gasteiger partial charge in [0.05, 0.1) is 0 Å². The minimum atomic E-state index is -3.25. The zero-order valence-corrected chi connectivity index (χ0v) is 6.15. The third kappa shape index (κ3) is 6.39. The number of methoxy groups -OCH3 is 1. The first kappa shape index (κ1) is 8.39. The van der Waals surface area contributed by atoms with Crippen molar-refractivity contribution in [2.45, 2.75) is 0 Å². The summed E-state index contributed by atoms with van der Waals surface area (Å²) in [4.78, 5) is 0. The Morgan fingerprint density at radius 1 is 1.62 bits per heavy atom. The molecule has 0 aliphatic rings. The molecule has 5 heteroatoms. The van der Waals surface area contributed by atoms with Crippen molar-refractivity contribution >= 4 is 0 Å². The number of hydrogen-bond donors (Lipinski definition) is 1. The molecule has 0 fully saturated rings. The maximum atomic E-state index is 9.85. The number of hydrogen-bond acceptors (Lipinski definition) is 3. The summed E-state index contributed by atoms with van der Waals surface area (Å²) in [6.45, 7) is 0.588. The molecule has 0 aromatic heterocycles. The molecule has 0 aromatic carbocycles. The van der Waals surface area contributed by atoms with E-state index in [1.165, 1.54) is 7.11 Å². The fourth-order valence-corrected chi connectivity index (χ4v) is 0.615. The molecule has 0 amide bonds. The summed E-state index contributed by atoms with van der Waals surface area (Å²) in [6, 6.07) is 0. The summed E-state index contributed by atoms with van der Waals surface area (Å²) in [5, 5.41) is 0. The molecule has 0 rings (SSSR count). The van der Waals surface area contributed by atoms with Crippen LogP contribution in [0.3, 0.4) is 0 Å². The first-order valence-corrected chi connectivity index (χ1v) is 4.09. The Labute approximate surface area is 54.5 Å². The SMILES string of the molecule is COCC[O][Ti](=[O])[OH]. The van der Waals surface area contributed by atoms with Gasteiger partial charge in [-0.2, -0.15) is 0 Å². The van der Waals surface area contributed by atoms with Crippen molar-refractivity contribution in [3.8, 4) is 0 Å². The zero-order chi connectivity index (χ0) is 6.41.